The first-order valence-corrected chi connectivity index (χ1v) is 17.4. The van der Waals surface area contributed by atoms with E-state index in [2.05, 4.69) is 29.8 Å². The Morgan fingerprint density at radius 3 is 2.41 bits per heavy atom. The van der Waals surface area contributed by atoms with E-state index >= 15 is 0 Å². The van der Waals surface area contributed by atoms with Crippen LogP contribution in [0.1, 0.15) is 93.9 Å². The number of alkyl carbamates (subject to hydrolysis) is 1. The standard InChI is InChI=1S/C34H59N3O9/c1-10-26-34(8)28(37-32(41)46-34)22(6)35-16-18(2)15-33(7,42-9)29(19(3)27(39)20(4)30(40)44-26)45-31-24(38)13-14-25(43-31)21(5)36-17-23-11-12-23/h18-26,28-29,31,35-36,38H,10-17H2,1-9H3,(H,37,41)/t18-,19+,20?,21?,22-,24-,25+,26-,28-,29-,31+,33-,34-/m1/s1. The number of methoxy groups -OCH3 is 1. The number of ketones is 1. The van der Waals surface area contributed by atoms with Crippen molar-refractivity contribution in [2.24, 2.45) is 23.7 Å². The van der Waals surface area contributed by atoms with E-state index in [1.807, 2.05) is 20.8 Å². The third-order valence-corrected chi connectivity index (χ3v) is 10.9. The highest BCUT2D eigenvalue weighted by Gasteiger charge is 2.55. The van der Waals surface area contributed by atoms with E-state index in [-0.39, 0.29) is 29.9 Å². The minimum atomic E-state index is -1.14. The molecule has 0 aromatic rings. The van der Waals surface area contributed by atoms with Crippen molar-refractivity contribution in [3.8, 4) is 0 Å². The highest BCUT2D eigenvalue weighted by molar-refractivity contribution is 6.00. The molecule has 1 amide bonds. The molecule has 13 atom stereocenters. The highest BCUT2D eigenvalue weighted by Crippen LogP contribution is 2.37. The number of cyclic esters (lactones) is 1. The van der Waals surface area contributed by atoms with Gasteiger partial charge in [0.15, 0.2) is 17.7 Å². The predicted molar refractivity (Wildman–Crippen MR) is 171 cm³/mol. The Morgan fingerprint density at radius 1 is 1.09 bits per heavy atom. The van der Waals surface area contributed by atoms with Gasteiger partial charge in [-0.05, 0) is 98.1 Å². The monoisotopic (exact) mass is 653 g/mol. The van der Waals surface area contributed by atoms with Gasteiger partial charge < -0.3 is 44.7 Å². The number of fused-ring (bicyclic) bond motifs is 1. The number of esters is 1. The summed E-state index contributed by atoms with van der Waals surface area (Å²) in [5.41, 5.74) is -2.13. The Hall–Kier alpha value is -1.83. The number of carbonyl (C=O) groups excluding carboxylic acids is 3. The van der Waals surface area contributed by atoms with E-state index < -0.39 is 65.7 Å². The van der Waals surface area contributed by atoms with Crippen LogP contribution in [0.2, 0.25) is 0 Å². The second-order valence-corrected chi connectivity index (χ2v) is 14.8. The Balaban J connectivity index is 1.62. The summed E-state index contributed by atoms with van der Waals surface area (Å²) in [6, 6.07) is -0.637. The van der Waals surface area contributed by atoms with Crippen LogP contribution in [0.15, 0.2) is 0 Å². The van der Waals surface area contributed by atoms with Crippen molar-refractivity contribution < 1.29 is 43.2 Å². The van der Waals surface area contributed by atoms with Gasteiger partial charge in [0.2, 0.25) is 0 Å². The number of carbonyl (C=O) groups is 3. The van der Waals surface area contributed by atoms with Crippen LogP contribution in [0.3, 0.4) is 0 Å². The molecule has 4 rings (SSSR count). The van der Waals surface area contributed by atoms with Gasteiger partial charge in [0.05, 0.1) is 23.9 Å². The zero-order chi connectivity index (χ0) is 34.0. The van der Waals surface area contributed by atoms with Crippen LogP contribution in [0, 0.1) is 23.7 Å². The number of rotatable bonds is 8. The number of amides is 1. The summed E-state index contributed by atoms with van der Waals surface area (Å²) in [6.45, 7) is 16.5. The lowest BCUT2D eigenvalue weighted by Gasteiger charge is -2.45. The Bertz CT molecular complexity index is 1070. The van der Waals surface area contributed by atoms with E-state index in [0.29, 0.717) is 32.2 Å². The van der Waals surface area contributed by atoms with Crippen LogP contribution in [0.5, 0.6) is 0 Å². The van der Waals surface area contributed by atoms with Gasteiger partial charge in [-0.15, -0.1) is 0 Å². The van der Waals surface area contributed by atoms with Crippen LogP contribution >= 0.6 is 0 Å². The fourth-order valence-electron chi connectivity index (χ4n) is 7.58. The molecule has 0 aromatic carbocycles. The van der Waals surface area contributed by atoms with Crippen molar-refractivity contribution in [1.82, 2.24) is 16.0 Å². The van der Waals surface area contributed by atoms with Gasteiger partial charge in [-0.25, -0.2) is 4.79 Å². The summed E-state index contributed by atoms with van der Waals surface area (Å²) >= 11 is 0. The van der Waals surface area contributed by atoms with Crippen molar-refractivity contribution in [3.05, 3.63) is 0 Å². The van der Waals surface area contributed by atoms with Crippen LogP contribution in [0.25, 0.3) is 0 Å². The largest absolute Gasteiger partial charge is 0.458 e. The first-order valence-electron chi connectivity index (χ1n) is 17.4. The molecule has 3 saturated heterocycles. The van der Waals surface area contributed by atoms with E-state index in [1.165, 1.54) is 19.8 Å². The van der Waals surface area contributed by atoms with E-state index in [0.717, 1.165) is 12.5 Å². The second kappa shape index (κ2) is 15.2. The maximum Gasteiger partial charge on any atom is 0.408 e. The molecule has 3 heterocycles. The van der Waals surface area contributed by atoms with Crippen LogP contribution in [0.4, 0.5) is 4.79 Å². The molecular formula is C34H59N3O9. The maximum absolute atomic E-state index is 14.1. The molecule has 12 heteroatoms. The summed E-state index contributed by atoms with van der Waals surface area (Å²) in [5, 5.41) is 21.1. The van der Waals surface area contributed by atoms with Gasteiger partial charge >= 0.3 is 12.1 Å². The quantitative estimate of drug-likeness (QED) is 0.226. The summed E-state index contributed by atoms with van der Waals surface area (Å²) in [4.78, 5) is 40.1. The topological polar surface area (TPSA) is 154 Å². The summed E-state index contributed by atoms with van der Waals surface area (Å²) in [7, 11) is 1.59. The minimum absolute atomic E-state index is 0.0454. The number of aliphatic hydroxyl groups is 1. The zero-order valence-electron chi connectivity index (χ0n) is 29.3. The summed E-state index contributed by atoms with van der Waals surface area (Å²) in [5.74, 6) is -2.24. The lowest BCUT2D eigenvalue weighted by Crippen LogP contribution is -2.60. The molecule has 0 bridgehead atoms. The third-order valence-electron chi connectivity index (χ3n) is 10.9. The van der Waals surface area contributed by atoms with E-state index in [1.54, 1.807) is 21.0 Å². The Kier molecular flexibility index (Phi) is 12.2. The molecule has 1 aliphatic carbocycles. The first kappa shape index (κ1) is 37.0. The predicted octanol–water partition coefficient (Wildman–Crippen LogP) is 3.08. The Morgan fingerprint density at radius 2 is 1.78 bits per heavy atom. The normalized spacial score (nSPS) is 43.8. The fourth-order valence-corrected chi connectivity index (χ4v) is 7.58. The van der Waals surface area contributed by atoms with Gasteiger partial charge in [-0.3, -0.25) is 9.59 Å². The van der Waals surface area contributed by atoms with Crippen molar-refractivity contribution >= 4 is 17.8 Å². The number of nitrogens with one attached hydrogen (secondary N) is 3. The zero-order valence-corrected chi connectivity index (χ0v) is 29.3. The van der Waals surface area contributed by atoms with Crippen LogP contribution in [-0.2, 0) is 33.3 Å². The number of ether oxygens (including phenoxy) is 5. The molecule has 0 aromatic heterocycles. The van der Waals surface area contributed by atoms with Crippen molar-refractivity contribution in [1.29, 1.82) is 0 Å². The molecule has 4 N–H and O–H groups in total. The number of Topliss-reactive ketones (excluding diaryl/α,β-unsaturated/α-hetero) is 1. The first-order chi connectivity index (χ1) is 21.6. The van der Waals surface area contributed by atoms with Gasteiger partial charge in [0.1, 0.15) is 18.1 Å². The molecule has 4 fully saturated rings. The smallest absolute Gasteiger partial charge is 0.408 e. The molecule has 12 nitrogen and oxygen atoms in total. The van der Waals surface area contributed by atoms with Crippen LogP contribution < -0.4 is 16.0 Å². The lowest BCUT2D eigenvalue weighted by molar-refractivity contribution is -0.290. The van der Waals surface area contributed by atoms with Crippen molar-refractivity contribution in [3.63, 3.8) is 0 Å². The third kappa shape index (κ3) is 8.23. The summed E-state index contributed by atoms with van der Waals surface area (Å²) < 4.78 is 30.9. The maximum atomic E-state index is 14.1. The molecule has 0 radical (unpaired) electrons. The van der Waals surface area contributed by atoms with Gasteiger partial charge in [0, 0.05) is 25.1 Å². The van der Waals surface area contributed by atoms with Crippen LogP contribution in [-0.4, -0.2) is 103 Å². The molecule has 0 spiro atoms. The molecule has 2 unspecified atom stereocenters. The molecular weight excluding hydrogens is 594 g/mol. The molecule has 264 valence electrons. The van der Waals surface area contributed by atoms with Gasteiger partial charge in [-0.2, -0.15) is 0 Å². The fraction of sp³-hybridized carbons (Fsp3) is 0.912. The number of hydrogen-bond acceptors (Lipinski definition) is 11. The van der Waals surface area contributed by atoms with E-state index in [4.69, 9.17) is 23.7 Å². The number of aliphatic hydroxyl groups excluding tert-OH is 1. The Labute approximate surface area is 274 Å². The summed E-state index contributed by atoms with van der Waals surface area (Å²) in [6.07, 6.45) is 0.354. The molecule has 1 saturated carbocycles. The lowest BCUT2D eigenvalue weighted by atomic mass is 9.78. The molecule has 3 aliphatic heterocycles. The molecule has 46 heavy (non-hydrogen) atoms. The minimum Gasteiger partial charge on any atom is -0.458 e. The van der Waals surface area contributed by atoms with Crippen molar-refractivity contribution in [2.45, 2.75) is 154 Å². The molecule has 4 aliphatic rings. The van der Waals surface area contributed by atoms with Crippen molar-refractivity contribution in [2.75, 3.05) is 20.2 Å². The highest BCUT2D eigenvalue weighted by atomic mass is 16.7. The van der Waals surface area contributed by atoms with Gasteiger partial charge in [-0.1, -0.05) is 20.8 Å². The van der Waals surface area contributed by atoms with Gasteiger partial charge in [0.25, 0.3) is 0 Å². The average molecular weight is 654 g/mol. The SMILES string of the molecule is CC[C@H]1OC(=O)C(C)C(=O)[C@H](C)[C@@H](O[C@@H]2O[C@H](C(C)NCC3CC3)CC[C@H]2O)[C@](C)(OC)C[C@@H](C)CN[C@H](C)[C@H]2NC(=O)O[C@@]21C. The second-order valence-electron chi connectivity index (χ2n) is 14.8. The van der Waals surface area contributed by atoms with E-state index in [9.17, 15) is 19.5 Å². The average Bonchev–Trinajstić information content (AvgIpc) is 3.80. The number of hydrogen-bond donors (Lipinski definition) is 4.